The molecule has 1 saturated carbocycles. The molecule has 33 heavy (non-hydrogen) atoms. The first-order chi connectivity index (χ1) is 16.0. The molecular weight excluding hydrogens is 416 g/mol. The second-order valence-electron chi connectivity index (χ2n) is 9.71. The molecule has 4 heterocycles. The molecule has 0 spiro atoms. The van der Waals surface area contributed by atoms with Gasteiger partial charge in [0.2, 0.25) is 5.91 Å². The van der Waals surface area contributed by atoms with E-state index in [1.165, 1.54) is 32.1 Å². The Bertz CT molecular complexity index is 1050. The highest BCUT2D eigenvalue weighted by molar-refractivity contribution is 6.00. The highest BCUT2D eigenvalue weighted by Crippen LogP contribution is 2.36. The van der Waals surface area contributed by atoms with E-state index >= 15 is 0 Å². The summed E-state index contributed by atoms with van der Waals surface area (Å²) in [5.74, 6) is 1.94. The third-order valence-corrected chi connectivity index (χ3v) is 7.32. The van der Waals surface area contributed by atoms with Gasteiger partial charge in [-0.05, 0) is 51.9 Å². The summed E-state index contributed by atoms with van der Waals surface area (Å²) < 4.78 is 0. The number of nitrogens with zero attached hydrogens (tertiary/aromatic N) is 6. The van der Waals surface area contributed by atoms with Crippen molar-refractivity contribution in [1.82, 2.24) is 24.8 Å². The molecule has 2 aromatic rings. The van der Waals surface area contributed by atoms with Gasteiger partial charge in [-0.25, -0.2) is 15.0 Å². The molecule has 174 valence electrons. The minimum absolute atomic E-state index is 0.122. The molecule has 8 nitrogen and oxygen atoms in total. The summed E-state index contributed by atoms with van der Waals surface area (Å²) in [7, 11) is 0. The van der Waals surface area contributed by atoms with Crippen LogP contribution >= 0.6 is 0 Å². The van der Waals surface area contributed by atoms with Crippen molar-refractivity contribution in [3.63, 3.8) is 0 Å². The second kappa shape index (κ2) is 9.15. The fourth-order valence-electron chi connectivity index (χ4n) is 5.46. The maximum atomic E-state index is 13.3. The molecule has 3 aliphatic rings. The lowest BCUT2D eigenvalue weighted by molar-refractivity contribution is -0.117. The molecule has 1 aliphatic carbocycles. The molecule has 5 rings (SSSR count). The van der Waals surface area contributed by atoms with Crippen molar-refractivity contribution >= 4 is 17.6 Å². The number of aryl methyl sites for hydroxylation is 2. The van der Waals surface area contributed by atoms with E-state index < -0.39 is 0 Å². The predicted octanol–water partition coefficient (Wildman–Crippen LogP) is 3.72. The van der Waals surface area contributed by atoms with Gasteiger partial charge in [-0.2, -0.15) is 0 Å². The summed E-state index contributed by atoms with van der Waals surface area (Å²) in [6, 6.07) is -0.217. The zero-order valence-electron chi connectivity index (χ0n) is 19.6. The molecule has 2 aromatic heterocycles. The van der Waals surface area contributed by atoms with Crippen LogP contribution in [-0.4, -0.2) is 49.7 Å². The summed E-state index contributed by atoms with van der Waals surface area (Å²) in [5, 5.41) is 0. The molecule has 0 N–H and O–H groups in total. The van der Waals surface area contributed by atoms with Crippen LogP contribution < -0.4 is 4.90 Å². The van der Waals surface area contributed by atoms with Gasteiger partial charge in [0.25, 0.3) is 5.91 Å². The van der Waals surface area contributed by atoms with Gasteiger partial charge in [0.15, 0.2) is 5.82 Å². The van der Waals surface area contributed by atoms with Crippen molar-refractivity contribution in [3.05, 3.63) is 40.9 Å². The van der Waals surface area contributed by atoms with Crippen LogP contribution in [0.15, 0.2) is 12.4 Å². The van der Waals surface area contributed by atoms with Crippen LogP contribution in [0, 0.1) is 19.8 Å². The van der Waals surface area contributed by atoms with E-state index in [0.717, 1.165) is 48.6 Å². The maximum Gasteiger partial charge on any atom is 0.274 e. The molecule has 2 fully saturated rings. The van der Waals surface area contributed by atoms with Crippen molar-refractivity contribution in [2.75, 3.05) is 18.0 Å². The Balaban J connectivity index is 1.44. The molecule has 0 bridgehead atoms. The van der Waals surface area contributed by atoms with E-state index in [1.54, 1.807) is 12.4 Å². The monoisotopic (exact) mass is 448 g/mol. The lowest BCUT2D eigenvalue weighted by Crippen LogP contribution is -2.40. The third kappa shape index (κ3) is 4.35. The average Bonchev–Trinajstić information content (AvgIpc) is 3.15. The average molecular weight is 449 g/mol. The summed E-state index contributed by atoms with van der Waals surface area (Å²) in [6.07, 6.45) is 12.4. The summed E-state index contributed by atoms with van der Waals surface area (Å²) in [4.78, 5) is 48.2. The minimum atomic E-state index is -0.217. The van der Waals surface area contributed by atoms with Gasteiger partial charge in [-0.3, -0.25) is 19.5 Å². The lowest BCUT2D eigenvalue weighted by Gasteiger charge is -2.35. The Hall–Kier alpha value is -2.90. The largest absolute Gasteiger partial charge is 0.327 e. The van der Waals surface area contributed by atoms with E-state index in [-0.39, 0.29) is 17.9 Å². The number of likely N-dealkylation sites (tertiary alicyclic amines) is 1. The zero-order valence-corrected chi connectivity index (χ0v) is 19.6. The number of hydrogen-bond donors (Lipinski definition) is 0. The molecule has 1 unspecified atom stereocenters. The molecule has 1 atom stereocenters. The Morgan fingerprint density at radius 2 is 1.79 bits per heavy atom. The molecular formula is C25H32N6O2. The maximum absolute atomic E-state index is 13.3. The first-order valence-electron chi connectivity index (χ1n) is 12.3. The summed E-state index contributed by atoms with van der Waals surface area (Å²) in [5.41, 5.74) is 2.92. The number of carbonyl (C=O) groups excluding carboxylic acids is 2. The Kier molecular flexibility index (Phi) is 6.08. The normalized spacial score (nSPS) is 21.4. The highest BCUT2D eigenvalue weighted by Gasteiger charge is 2.36. The molecule has 2 amide bonds. The molecule has 2 aliphatic heterocycles. The van der Waals surface area contributed by atoms with E-state index in [4.69, 9.17) is 9.97 Å². The number of piperidine rings is 1. The van der Waals surface area contributed by atoms with E-state index in [9.17, 15) is 9.59 Å². The quantitative estimate of drug-likeness (QED) is 0.708. The van der Waals surface area contributed by atoms with Gasteiger partial charge < -0.3 is 4.90 Å². The Morgan fingerprint density at radius 3 is 2.55 bits per heavy atom. The van der Waals surface area contributed by atoms with Gasteiger partial charge in [0.05, 0.1) is 24.4 Å². The number of fused-ring (bicyclic) bond motifs is 1. The molecule has 0 radical (unpaired) electrons. The van der Waals surface area contributed by atoms with E-state index in [1.807, 2.05) is 23.6 Å². The predicted molar refractivity (Wildman–Crippen MR) is 124 cm³/mol. The van der Waals surface area contributed by atoms with Crippen LogP contribution in [0.1, 0.15) is 90.7 Å². The Morgan fingerprint density at radius 1 is 1.00 bits per heavy atom. The van der Waals surface area contributed by atoms with E-state index in [2.05, 4.69) is 9.97 Å². The molecule has 8 heteroatoms. The van der Waals surface area contributed by atoms with Gasteiger partial charge in [0.1, 0.15) is 11.5 Å². The number of aromatic nitrogens is 4. The summed E-state index contributed by atoms with van der Waals surface area (Å²) in [6.45, 7) is 5.20. The highest BCUT2D eigenvalue weighted by atomic mass is 16.2. The smallest absolute Gasteiger partial charge is 0.274 e. The number of anilines is 1. The fourth-order valence-corrected chi connectivity index (χ4v) is 5.46. The number of amides is 2. The number of hydrogen-bond acceptors (Lipinski definition) is 6. The summed E-state index contributed by atoms with van der Waals surface area (Å²) >= 11 is 0. The van der Waals surface area contributed by atoms with Gasteiger partial charge in [-0.15, -0.1) is 0 Å². The van der Waals surface area contributed by atoms with Gasteiger partial charge >= 0.3 is 0 Å². The van der Waals surface area contributed by atoms with Crippen LogP contribution in [0.4, 0.5) is 5.82 Å². The van der Waals surface area contributed by atoms with Crippen LogP contribution in [0.25, 0.3) is 0 Å². The van der Waals surface area contributed by atoms with Crippen molar-refractivity contribution in [2.24, 2.45) is 5.92 Å². The topological polar surface area (TPSA) is 92.2 Å². The van der Waals surface area contributed by atoms with Gasteiger partial charge in [-0.1, -0.05) is 19.3 Å². The van der Waals surface area contributed by atoms with Crippen LogP contribution in [0.2, 0.25) is 0 Å². The standard InChI is InChI=1S/C25H32N6O2/c1-16-13-27-20(14-26-16)25(33)30-11-7-6-10-21(30)23-28-17(2)19-12-22(32)31(24(19)29-23)15-18-8-4-3-5-9-18/h13-14,18,21H,3-12,15H2,1-2H3. The third-order valence-electron chi connectivity index (χ3n) is 7.32. The van der Waals surface area contributed by atoms with Gasteiger partial charge in [0, 0.05) is 30.5 Å². The fraction of sp³-hybridized carbons (Fsp3) is 0.600. The van der Waals surface area contributed by atoms with Crippen molar-refractivity contribution < 1.29 is 9.59 Å². The van der Waals surface area contributed by atoms with Crippen molar-refractivity contribution in [3.8, 4) is 0 Å². The van der Waals surface area contributed by atoms with Crippen LogP contribution in [0.3, 0.4) is 0 Å². The van der Waals surface area contributed by atoms with Crippen LogP contribution in [-0.2, 0) is 11.2 Å². The van der Waals surface area contributed by atoms with Crippen LogP contribution in [0.5, 0.6) is 0 Å². The first-order valence-corrected chi connectivity index (χ1v) is 12.3. The van der Waals surface area contributed by atoms with E-state index in [0.29, 0.717) is 30.4 Å². The second-order valence-corrected chi connectivity index (χ2v) is 9.71. The molecule has 0 aromatic carbocycles. The number of rotatable bonds is 4. The van der Waals surface area contributed by atoms with Crippen molar-refractivity contribution in [1.29, 1.82) is 0 Å². The zero-order chi connectivity index (χ0) is 22.9. The molecule has 1 saturated heterocycles. The first kappa shape index (κ1) is 21.9. The lowest BCUT2D eigenvalue weighted by atomic mass is 9.89. The SMILES string of the molecule is Cc1cnc(C(=O)N2CCCCC2c2nc(C)c3c(n2)N(CC2CCCCC2)C(=O)C3)cn1. The minimum Gasteiger partial charge on any atom is -0.327 e. The number of carbonyl (C=O) groups is 2. The Labute approximate surface area is 194 Å². The van der Waals surface area contributed by atoms with Crippen molar-refractivity contribution in [2.45, 2.75) is 77.7 Å².